The predicted octanol–water partition coefficient (Wildman–Crippen LogP) is 3.86. The zero-order valence-corrected chi connectivity index (χ0v) is 11.9. The minimum Gasteiger partial charge on any atom is -0.507 e. The van der Waals surface area contributed by atoms with Crippen molar-refractivity contribution in [2.45, 2.75) is 0 Å². The summed E-state index contributed by atoms with van der Waals surface area (Å²) in [5, 5.41) is 23.4. The SMILES string of the molecule is O=C(Nc1ccc(Cl)cc1Cl)c1cc([N+](=O)[O-])ccc1O. The second kappa shape index (κ2) is 5.99. The van der Waals surface area contributed by atoms with Crippen molar-refractivity contribution in [1.29, 1.82) is 0 Å². The minimum absolute atomic E-state index is 0.209. The van der Waals surface area contributed by atoms with Crippen molar-refractivity contribution in [1.82, 2.24) is 0 Å². The summed E-state index contributed by atoms with van der Waals surface area (Å²) in [4.78, 5) is 22.1. The number of hydrogen-bond acceptors (Lipinski definition) is 4. The molecule has 0 saturated heterocycles. The van der Waals surface area contributed by atoms with Crippen molar-refractivity contribution >= 4 is 40.5 Å². The van der Waals surface area contributed by atoms with E-state index in [-0.39, 0.29) is 27.7 Å². The van der Waals surface area contributed by atoms with Crippen molar-refractivity contribution in [2.75, 3.05) is 5.32 Å². The van der Waals surface area contributed by atoms with Crippen LogP contribution < -0.4 is 5.32 Å². The third-order valence-corrected chi connectivity index (χ3v) is 3.16. The van der Waals surface area contributed by atoms with Crippen molar-refractivity contribution in [2.24, 2.45) is 0 Å². The second-order valence-electron chi connectivity index (χ2n) is 4.04. The van der Waals surface area contributed by atoms with E-state index in [2.05, 4.69) is 5.32 Å². The summed E-state index contributed by atoms with van der Waals surface area (Å²) in [5.41, 5.74) is -0.257. The molecule has 0 unspecified atom stereocenters. The molecular formula is C13H8Cl2N2O4. The zero-order valence-electron chi connectivity index (χ0n) is 10.3. The Balaban J connectivity index is 2.32. The molecule has 21 heavy (non-hydrogen) atoms. The summed E-state index contributed by atoms with van der Waals surface area (Å²) in [6.45, 7) is 0. The standard InChI is InChI=1S/C13H8Cl2N2O4/c14-7-1-3-11(10(15)5-7)16-13(19)9-6-8(17(20)21)2-4-12(9)18/h1-6,18H,(H,16,19). The monoisotopic (exact) mass is 326 g/mol. The molecule has 1 amide bonds. The van der Waals surface area contributed by atoms with Crippen LogP contribution in [0, 0.1) is 10.1 Å². The van der Waals surface area contributed by atoms with Crippen molar-refractivity contribution in [3.8, 4) is 5.75 Å². The van der Waals surface area contributed by atoms with Gasteiger partial charge in [0.2, 0.25) is 0 Å². The number of aromatic hydroxyl groups is 1. The number of amides is 1. The Morgan fingerprint density at radius 2 is 1.90 bits per heavy atom. The number of carbonyl (C=O) groups is 1. The molecule has 0 atom stereocenters. The van der Waals surface area contributed by atoms with Gasteiger partial charge in [-0.25, -0.2) is 0 Å². The van der Waals surface area contributed by atoms with Crippen LogP contribution in [0.15, 0.2) is 36.4 Å². The first kappa shape index (κ1) is 15.1. The van der Waals surface area contributed by atoms with Gasteiger partial charge in [0, 0.05) is 17.2 Å². The van der Waals surface area contributed by atoms with Gasteiger partial charge in [0.15, 0.2) is 0 Å². The molecule has 0 aliphatic rings. The number of halogens is 2. The number of rotatable bonds is 3. The second-order valence-corrected chi connectivity index (χ2v) is 4.88. The van der Waals surface area contributed by atoms with Crippen LogP contribution in [-0.4, -0.2) is 15.9 Å². The van der Waals surface area contributed by atoms with E-state index in [0.29, 0.717) is 5.02 Å². The Morgan fingerprint density at radius 1 is 1.19 bits per heavy atom. The third kappa shape index (κ3) is 3.42. The van der Waals surface area contributed by atoms with Crippen molar-refractivity contribution in [3.63, 3.8) is 0 Å². The Morgan fingerprint density at radius 3 is 2.52 bits per heavy atom. The van der Waals surface area contributed by atoms with Gasteiger partial charge in [0.1, 0.15) is 5.75 Å². The molecule has 0 fully saturated rings. The summed E-state index contributed by atoms with van der Waals surface area (Å²) in [6.07, 6.45) is 0. The largest absolute Gasteiger partial charge is 0.507 e. The molecule has 0 aliphatic heterocycles. The van der Waals surface area contributed by atoms with E-state index in [1.807, 2.05) is 0 Å². The molecule has 2 aromatic rings. The van der Waals surface area contributed by atoms with Gasteiger partial charge < -0.3 is 10.4 Å². The normalized spacial score (nSPS) is 10.2. The molecule has 8 heteroatoms. The fourth-order valence-corrected chi connectivity index (χ4v) is 2.06. The Kier molecular flexibility index (Phi) is 4.30. The van der Waals surface area contributed by atoms with Gasteiger partial charge in [-0.1, -0.05) is 23.2 Å². The highest BCUT2D eigenvalue weighted by molar-refractivity contribution is 6.36. The molecular weight excluding hydrogens is 319 g/mol. The number of nitro groups is 1. The van der Waals surface area contributed by atoms with Gasteiger partial charge in [-0.05, 0) is 24.3 Å². The molecule has 108 valence electrons. The topological polar surface area (TPSA) is 92.5 Å². The smallest absolute Gasteiger partial charge is 0.270 e. The lowest BCUT2D eigenvalue weighted by Crippen LogP contribution is -2.12. The first-order chi connectivity index (χ1) is 9.88. The molecule has 6 nitrogen and oxygen atoms in total. The van der Waals surface area contributed by atoms with Crippen LogP contribution in [0.5, 0.6) is 5.75 Å². The van der Waals surface area contributed by atoms with Crippen LogP contribution in [0.4, 0.5) is 11.4 Å². The number of non-ortho nitro benzene ring substituents is 1. The average molecular weight is 327 g/mol. The maximum atomic E-state index is 12.1. The predicted molar refractivity (Wildman–Crippen MR) is 79.2 cm³/mol. The van der Waals surface area contributed by atoms with Gasteiger partial charge in [0.25, 0.3) is 11.6 Å². The average Bonchev–Trinajstić information content (AvgIpc) is 2.42. The number of nitrogens with one attached hydrogen (secondary N) is 1. The number of nitrogens with zero attached hydrogens (tertiary/aromatic N) is 1. The molecule has 0 aromatic heterocycles. The number of phenolic OH excluding ortho intramolecular Hbond substituents is 1. The van der Waals surface area contributed by atoms with Crippen LogP contribution in [0.25, 0.3) is 0 Å². The van der Waals surface area contributed by atoms with Gasteiger partial charge in [-0.15, -0.1) is 0 Å². The Hall–Kier alpha value is -2.31. The van der Waals surface area contributed by atoms with Gasteiger partial charge in [-0.2, -0.15) is 0 Å². The van der Waals surface area contributed by atoms with Crippen LogP contribution in [-0.2, 0) is 0 Å². The zero-order chi connectivity index (χ0) is 15.6. The minimum atomic E-state index is -0.722. The van der Waals surface area contributed by atoms with Crippen LogP contribution in [0.1, 0.15) is 10.4 Å². The van der Waals surface area contributed by atoms with E-state index in [4.69, 9.17) is 23.2 Å². The van der Waals surface area contributed by atoms with E-state index in [1.165, 1.54) is 18.2 Å². The Bertz CT molecular complexity index is 734. The molecule has 0 radical (unpaired) electrons. The molecule has 0 aliphatic carbocycles. The van der Waals surface area contributed by atoms with E-state index in [0.717, 1.165) is 18.2 Å². The highest BCUT2D eigenvalue weighted by atomic mass is 35.5. The lowest BCUT2D eigenvalue weighted by atomic mass is 10.1. The van der Waals surface area contributed by atoms with E-state index < -0.39 is 10.8 Å². The van der Waals surface area contributed by atoms with E-state index in [9.17, 15) is 20.0 Å². The van der Waals surface area contributed by atoms with Gasteiger partial charge >= 0.3 is 0 Å². The first-order valence-electron chi connectivity index (χ1n) is 5.62. The fraction of sp³-hybridized carbons (Fsp3) is 0. The number of carbonyl (C=O) groups excluding carboxylic acids is 1. The molecule has 2 rings (SSSR count). The maximum absolute atomic E-state index is 12.1. The van der Waals surface area contributed by atoms with E-state index >= 15 is 0 Å². The number of phenols is 1. The van der Waals surface area contributed by atoms with Crippen molar-refractivity contribution in [3.05, 3.63) is 62.1 Å². The van der Waals surface area contributed by atoms with E-state index in [1.54, 1.807) is 0 Å². The van der Waals surface area contributed by atoms with Crippen molar-refractivity contribution < 1.29 is 14.8 Å². The molecule has 2 aromatic carbocycles. The maximum Gasteiger partial charge on any atom is 0.270 e. The van der Waals surface area contributed by atoms with Crippen LogP contribution in [0.3, 0.4) is 0 Å². The molecule has 0 bridgehead atoms. The molecule has 2 N–H and O–H groups in total. The lowest BCUT2D eigenvalue weighted by Gasteiger charge is -2.08. The first-order valence-corrected chi connectivity index (χ1v) is 6.38. The fourth-order valence-electron chi connectivity index (χ4n) is 1.60. The summed E-state index contributed by atoms with van der Waals surface area (Å²) in [6, 6.07) is 7.60. The number of anilines is 1. The highest BCUT2D eigenvalue weighted by Gasteiger charge is 2.17. The van der Waals surface area contributed by atoms with Gasteiger partial charge in [-0.3, -0.25) is 14.9 Å². The number of benzene rings is 2. The van der Waals surface area contributed by atoms with Gasteiger partial charge in [0.05, 0.1) is 21.2 Å². The quantitative estimate of drug-likeness (QED) is 0.661. The lowest BCUT2D eigenvalue weighted by molar-refractivity contribution is -0.384. The third-order valence-electron chi connectivity index (χ3n) is 2.61. The molecule has 0 heterocycles. The molecule has 0 spiro atoms. The van der Waals surface area contributed by atoms with Crippen LogP contribution in [0.2, 0.25) is 10.0 Å². The Labute approximate surface area is 129 Å². The van der Waals surface area contributed by atoms with Crippen LogP contribution >= 0.6 is 23.2 Å². The number of hydrogen-bond donors (Lipinski definition) is 2. The molecule has 0 saturated carbocycles. The summed E-state index contributed by atoms with van der Waals surface area (Å²) < 4.78 is 0. The highest BCUT2D eigenvalue weighted by Crippen LogP contribution is 2.28. The summed E-state index contributed by atoms with van der Waals surface area (Å²) in [5.74, 6) is -1.09. The summed E-state index contributed by atoms with van der Waals surface area (Å²) in [7, 11) is 0. The number of nitro benzene ring substituents is 1. The summed E-state index contributed by atoms with van der Waals surface area (Å²) >= 11 is 11.7.